The number of benzene rings is 4. The van der Waals surface area contributed by atoms with E-state index in [9.17, 15) is 4.39 Å². The Morgan fingerprint density at radius 2 is 1.50 bits per heavy atom. The maximum Gasteiger partial charge on any atom is 0.123 e. The lowest BCUT2D eigenvalue weighted by Crippen LogP contribution is -1.95. The van der Waals surface area contributed by atoms with Crippen LogP contribution >= 0.6 is 11.6 Å². The first-order chi connectivity index (χ1) is 16.7. The molecule has 0 fully saturated rings. The number of hydrogen-bond acceptors (Lipinski definition) is 2. The average molecular weight is 460 g/mol. The SMILES string of the molecule is Fc1ccc(-c2cccc3nc(-c4cccc(Cl)c4)c(-c4ccnc5ccccc45)[c]c23)cc1. The zero-order valence-corrected chi connectivity index (χ0v) is 18.7. The van der Waals surface area contributed by atoms with Crippen LogP contribution in [0.1, 0.15) is 0 Å². The molecule has 4 aromatic carbocycles. The number of pyridine rings is 2. The monoisotopic (exact) mass is 459 g/mol. The summed E-state index contributed by atoms with van der Waals surface area (Å²) in [4.78, 5) is 9.62. The quantitative estimate of drug-likeness (QED) is 0.265. The molecule has 161 valence electrons. The normalized spacial score (nSPS) is 11.2. The Morgan fingerprint density at radius 3 is 2.35 bits per heavy atom. The van der Waals surface area contributed by atoms with Crippen molar-refractivity contribution in [3.8, 4) is 33.5 Å². The van der Waals surface area contributed by atoms with Crippen molar-refractivity contribution < 1.29 is 4.39 Å². The summed E-state index contributed by atoms with van der Waals surface area (Å²) in [5, 5.41) is 2.53. The molecular weight excluding hydrogens is 443 g/mol. The molecule has 6 aromatic rings. The van der Waals surface area contributed by atoms with Gasteiger partial charge in [-0.1, -0.05) is 66.2 Å². The van der Waals surface area contributed by atoms with Gasteiger partial charge in [-0.2, -0.15) is 0 Å². The van der Waals surface area contributed by atoms with Crippen LogP contribution in [-0.4, -0.2) is 9.97 Å². The Balaban J connectivity index is 1.70. The third kappa shape index (κ3) is 3.60. The molecule has 2 heterocycles. The number of halogens is 2. The fourth-order valence-electron chi connectivity index (χ4n) is 4.35. The Kier molecular flexibility index (Phi) is 5.05. The molecule has 0 bridgehead atoms. The summed E-state index contributed by atoms with van der Waals surface area (Å²) in [6.07, 6.45) is 1.81. The maximum absolute atomic E-state index is 13.6. The van der Waals surface area contributed by atoms with E-state index >= 15 is 0 Å². The second kappa shape index (κ2) is 8.36. The molecule has 0 amide bonds. The number of rotatable bonds is 3. The molecule has 0 unspecified atom stereocenters. The van der Waals surface area contributed by atoms with E-state index in [1.165, 1.54) is 12.1 Å². The van der Waals surface area contributed by atoms with Gasteiger partial charge in [-0.25, -0.2) is 9.37 Å². The molecule has 2 nitrogen and oxygen atoms in total. The molecule has 2 aromatic heterocycles. The molecule has 0 atom stereocenters. The Hall–Kier alpha value is -4.08. The predicted octanol–water partition coefficient (Wildman–Crippen LogP) is 8.38. The second-order valence-corrected chi connectivity index (χ2v) is 8.49. The standard InChI is InChI=1S/C30H17ClFN2/c31-21-6-3-5-20(17-21)30-27(24-15-16-33-28-9-2-1-7-25(24)28)18-26-23(8-4-10-29(26)34-30)19-11-13-22(32)14-12-19/h1-17H. The molecule has 0 aliphatic carbocycles. The van der Waals surface area contributed by atoms with Crippen LogP contribution < -0.4 is 0 Å². The highest BCUT2D eigenvalue weighted by molar-refractivity contribution is 6.30. The Morgan fingerprint density at radius 1 is 0.706 bits per heavy atom. The number of para-hydroxylation sites is 1. The predicted molar refractivity (Wildman–Crippen MR) is 137 cm³/mol. The summed E-state index contributed by atoms with van der Waals surface area (Å²) >= 11 is 6.35. The Bertz CT molecular complexity index is 1670. The summed E-state index contributed by atoms with van der Waals surface area (Å²) in [6.45, 7) is 0. The largest absolute Gasteiger partial charge is 0.256 e. The van der Waals surface area contributed by atoms with Crippen molar-refractivity contribution in [2.24, 2.45) is 0 Å². The summed E-state index contributed by atoms with van der Waals surface area (Å²) in [7, 11) is 0. The van der Waals surface area contributed by atoms with Crippen molar-refractivity contribution in [1.82, 2.24) is 9.97 Å². The minimum atomic E-state index is -0.265. The van der Waals surface area contributed by atoms with Gasteiger partial charge in [0, 0.05) is 39.2 Å². The second-order valence-electron chi connectivity index (χ2n) is 8.05. The fourth-order valence-corrected chi connectivity index (χ4v) is 4.54. The van der Waals surface area contributed by atoms with Gasteiger partial charge in [0.2, 0.25) is 0 Å². The van der Waals surface area contributed by atoms with E-state index in [4.69, 9.17) is 16.6 Å². The van der Waals surface area contributed by atoms with Crippen LogP contribution in [0.2, 0.25) is 5.02 Å². The third-order valence-electron chi connectivity index (χ3n) is 5.93. The lowest BCUT2D eigenvalue weighted by molar-refractivity contribution is 0.628. The molecular formula is C30H17ClFN2. The first-order valence-corrected chi connectivity index (χ1v) is 11.3. The smallest absolute Gasteiger partial charge is 0.123 e. The lowest BCUT2D eigenvalue weighted by Gasteiger charge is -2.15. The number of nitrogens with zero attached hydrogens (tertiary/aromatic N) is 2. The fraction of sp³-hybridized carbons (Fsp3) is 0. The van der Waals surface area contributed by atoms with E-state index in [0.717, 1.165) is 55.3 Å². The van der Waals surface area contributed by atoms with Crippen molar-refractivity contribution in [3.63, 3.8) is 0 Å². The highest BCUT2D eigenvalue weighted by Gasteiger charge is 2.17. The molecule has 4 heteroatoms. The molecule has 6 rings (SSSR count). The minimum Gasteiger partial charge on any atom is -0.256 e. The van der Waals surface area contributed by atoms with Crippen molar-refractivity contribution in [1.29, 1.82) is 0 Å². The van der Waals surface area contributed by atoms with Crippen LogP contribution in [0.5, 0.6) is 0 Å². The van der Waals surface area contributed by atoms with Crippen LogP contribution in [0.15, 0.2) is 103 Å². The van der Waals surface area contributed by atoms with Crippen LogP contribution in [0, 0.1) is 11.9 Å². The molecule has 0 saturated heterocycles. The van der Waals surface area contributed by atoms with E-state index < -0.39 is 0 Å². The van der Waals surface area contributed by atoms with E-state index in [1.54, 1.807) is 12.1 Å². The first kappa shape index (κ1) is 20.5. The zero-order chi connectivity index (χ0) is 23.1. The third-order valence-corrected chi connectivity index (χ3v) is 6.17. The van der Waals surface area contributed by atoms with Gasteiger partial charge in [0.1, 0.15) is 5.82 Å². The van der Waals surface area contributed by atoms with E-state index in [2.05, 4.69) is 17.1 Å². The van der Waals surface area contributed by atoms with Gasteiger partial charge in [0.15, 0.2) is 0 Å². The molecule has 0 N–H and O–H groups in total. The summed E-state index contributed by atoms with van der Waals surface area (Å²) < 4.78 is 13.6. The summed E-state index contributed by atoms with van der Waals surface area (Å²) in [5.41, 5.74) is 7.12. The first-order valence-electron chi connectivity index (χ1n) is 10.9. The highest BCUT2D eigenvalue weighted by atomic mass is 35.5. The van der Waals surface area contributed by atoms with Gasteiger partial charge in [0.05, 0.1) is 16.7 Å². The van der Waals surface area contributed by atoms with Gasteiger partial charge >= 0.3 is 0 Å². The van der Waals surface area contributed by atoms with Gasteiger partial charge in [-0.3, -0.25) is 4.98 Å². The van der Waals surface area contributed by atoms with Gasteiger partial charge in [0.25, 0.3) is 0 Å². The highest BCUT2D eigenvalue weighted by Crippen LogP contribution is 2.39. The number of fused-ring (bicyclic) bond motifs is 2. The van der Waals surface area contributed by atoms with Gasteiger partial charge in [-0.05, 0) is 59.2 Å². The van der Waals surface area contributed by atoms with Crippen molar-refractivity contribution in [2.75, 3.05) is 0 Å². The number of aromatic nitrogens is 2. The van der Waals surface area contributed by atoms with Gasteiger partial charge in [-0.15, -0.1) is 0 Å². The molecule has 1 radical (unpaired) electrons. The maximum atomic E-state index is 13.6. The van der Waals surface area contributed by atoms with E-state index in [0.29, 0.717) is 5.02 Å². The number of hydrogen-bond donors (Lipinski definition) is 0. The molecule has 34 heavy (non-hydrogen) atoms. The topological polar surface area (TPSA) is 25.8 Å². The van der Waals surface area contributed by atoms with E-state index in [-0.39, 0.29) is 5.82 Å². The van der Waals surface area contributed by atoms with Crippen molar-refractivity contribution in [2.45, 2.75) is 0 Å². The van der Waals surface area contributed by atoms with Crippen molar-refractivity contribution >= 4 is 33.4 Å². The summed E-state index contributed by atoms with van der Waals surface area (Å²) in [6, 6.07) is 33.9. The molecule has 0 aliphatic rings. The minimum absolute atomic E-state index is 0.265. The van der Waals surface area contributed by atoms with Crippen LogP contribution in [0.25, 0.3) is 55.3 Å². The molecule has 0 aliphatic heterocycles. The molecule has 0 saturated carbocycles. The van der Waals surface area contributed by atoms with Crippen LogP contribution in [0.4, 0.5) is 4.39 Å². The van der Waals surface area contributed by atoms with Crippen LogP contribution in [-0.2, 0) is 0 Å². The lowest BCUT2D eigenvalue weighted by atomic mass is 9.92. The van der Waals surface area contributed by atoms with Gasteiger partial charge < -0.3 is 0 Å². The van der Waals surface area contributed by atoms with Crippen LogP contribution in [0.3, 0.4) is 0 Å². The Labute approximate surface area is 201 Å². The summed E-state index contributed by atoms with van der Waals surface area (Å²) in [5.74, 6) is -0.265. The average Bonchev–Trinajstić information content (AvgIpc) is 2.88. The molecule has 0 spiro atoms. The van der Waals surface area contributed by atoms with E-state index in [1.807, 2.05) is 72.9 Å². The zero-order valence-electron chi connectivity index (χ0n) is 18.0. The van der Waals surface area contributed by atoms with Crippen molar-refractivity contribution in [3.05, 3.63) is 120 Å².